The van der Waals surface area contributed by atoms with E-state index in [2.05, 4.69) is 10.3 Å². The number of carbonyl (C=O) groups excluding carboxylic acids is 2. The van der Waals surface area contributed by atoms with E-state index in [1.807, 2.05) is 12.3 Å². The molecule has 1 aliphatic carbocycles. The Hall–Kier alpha value is -1.43. The van der Waals surface area contributed by atoms with Crippen LogP contribution in [0.4, 0.5) is 0 Å². The lowest BCUT2D eigenvalue weighted by Gasteiger charge is -2.16. The molecule has 0 bridgehead atoms. The molecule has 110 valence electrons. The SMILES string of the molecule is Cc1nc(CC(=O)OC(C)C(=O)NC2CCCC2)cs1. The van der Waals surface area contributed by atoms with Crippen molar-refractivity contribution in [3.8, 4) is 0 Å². The van der Waals surface area contributed by atoms with Crippen LogP contribution >= 0.6 is 11.3 Å². The van der Waals surface area contributed by atoms with E-state index in [0.29, 0.717) is 5.69 Å². The average molecular weight is 296 g/mol. The first-order valence-electron chi connectivity index (χ1n) is 6.95. The number of amides is 1. The van der Waals surface area contributed by atoms with Crippen LogP contribution in [0.5, 0.6) is 0 Å². The Balaban J connectivity index is 1.76. The zero-order valence-corrected chi connectivity index (χ0v) is 12.7. The predicted molar refractivity (Wildman–Crippen MR) is 76.5 cm³/mol. The van der Waals surface area contributed by atoms with Gasteiger partial charge in [-0.1, -0.05) is 12.8 Å². The minimum Gasteiger partial charge on any atom is -0.452 e. The monoisotopic (exact) mass is 296 g/mol. The molecule has 0 radical (unpaired) electrons. The fourth-order valence-electron chi connectivity index (χ4n) is 2.32. The summed E-state index contributed by atoms with van der Waals surface area (Å²) in [6, 6.07) is 0.241. The van der Waals surface area contributed by atoms with Gasteiger partial charge in [-0.15, -0.1) is 11.3 Å². The molecule has 1 aromatic rings. The smallest absolute Gasteiger partial charge is 0.312 e. The summed E-state index contributed by atoms with van der Waals surface area (Å²) >= 11 is 1.49. The van der Waals surface area contributed by atoms with Crippen molar-refractivity contribution in [2.24, 2.45) is 0 Å². The molecular formula is C14H20N2O3S. The van der Waals surface area contributed by atoms with Crippen molar-refractivity contribution in [2.45, 2.75) is 58.1 Å². The topological polar surface area (TPSA) is 68.3 Å². The first kappa shape index (κ1) is 15.0. The zero-order valence-electron chi connectivity index (χ0n) is 11.8. The third-order valence-corrected chi connectivity index (χ3v) is 4.19. The molecule has 2 rings (SSSR count). The molecule has 1 N–H and O–H groups in total. The Kier molecular flexibility index (Phi) is 5.11. The highest BCUT2D eigenvalue weighted by Gasteiger charge is 2.23. The molecule has 1 unspecified atom stereocenters. The van der Waals surface area contributed by atoms with Crippen molar-refractivity contribution >= 4 is 23.2 Å². The fraction of sp³-hybridized carbons (Fsp3) is 0.643. The van der Waals surface area contributed by atoms with E-state index in [4.69, 9.17) is 4.74 Å². The molecule has 1 amide bonds. The van der Waals surface area contributed by atoms with Gasteiger partial charge in [0, 0.05) is 11.4 Å². The summed E-state index contributed by atoms with van der Waals surface area (Å²) in [6.07, 6.45) is 3.72. The molecule has 20 heavy (non-hydrogen) atoms. The van der Waals surface area contributed by atoms with Gasteiger partial charge >= 0.3 is 5.97 Å². The third kappa shape index (κ3) is 4.30. The van der Waals surface area contributed by atoms with E-state index in [0.717, 1.165) is 30.7 Å². The van der Waals surface area contributed by atoms with E-state index < -0.39 is 12.1 Å². The second kappa shape index (κ2) is 6.83. The van der Waals surface area contributed by atoms with Gasteiger partial charge in [-0.05, 0) is 26.7 Å². The molecule has 6 heteroatoms. The number of rotatable bonds is 5. The second-order valence-electron chi connectivity index (χ2n) is 5.16. The van der Waals surface area contributed by atoms with Gasteiger partial charge in [-0.2, -0.15) is 0 Å². The van der Waals surface area contributed by atoms with Crippen LogP contribution < -0.4 is 5.32 Å². The van der Waals surface area contributed by atoms with Crippen LogP contribution in [0.25, 0.3) is 0 Å². The highest BCUT2D eigenvalue weighted by atomic mass is 32.1. The van der Waals surface area contributed by atoms with Gasteiger partial charge in [-0.25, -0.2) is 4.98 Å². The van der Waals surface area contributed by atoms with E-state index >= 15 is 0 Å². The number of carbonyl (C=O) groups is 2. The average Bonchev–Trinajstić information content (AvgIpc) is 3.01. The summed E-state index contributed by atoms with van der Waals surface area (Å²) in [6.45, 7) is 3.49. The normalized spacial score (nSPS) is 16.9. The van der Waals surface area contributed by atoms with Crippen LogP contribution in [0.2, 0.25) is 0 Å². The number of aromatic nitrogens is 1. The van der Waals surface area contributed by atoms with E-state index in [1.54, 1.807) is 6.92 Å². The van der Waals surface area contributed by atoms with Crippen molar-refractivity contribution in [1.82, 2.24) is 10.3 Å². The molecule has 1 aliphatic rings. The third-order valence-electron chi connectivity index (χ3n) is 3.37. The molecule has 0 spiro atoms. The largest absolute Gasteiger partial charge is 0.452 e. The van der Waals surface area contributed by atoms with Crippen LogP contribution in [-0.2, 0) is 20.7 Å². The van der Waals surface area contributed by atoms with Gasteiger partial charge in [0.1, 0.15) is 0 Å². The Bertz CT molecular complexity index is 481. The van der Waals surface area contributed by atoms with Crippen molar-refractivity contribution in [3.63, 3.8) is 0 Å². The van der Waals surface area contributed by atoms with Crippen LogP contribution in [0.1, 0.15) is 43.3 Å². The molecule has 0 saturated heterocycles. The van der Waals surface area contributed by atoms with Crippen molar-refractivity contribution in [1.29, 1.82) is 0 Å². The minimum absolute atomic E-state index is 0.116. The first-order valence-corrected chi connectivity index (χ1v) is 7.83. The number of hydrogen-bond donors (Lipinski definition) is 1. The highest BCUT2D eigenvalue weighted by Crippen LogP contribution is 2.17. The summed E-state index contributed by atoms with van der Waals surface area (Å²) in [5.74, 6) is -0.621. The maximum Gasteiger partial charge on any atom is 0.312 e. The van der Waals surface area contributed by atoms with Gasteiger partial charge in [-0.3, -0.25) is 9.59 Å². The van der Waals surface area contributed by atoms with Crippen molar-refractivity contribution in [2.75, 3.05) is 0 Å². The molecule has 0 aliphatic heterocycles. The van der Waals surface area contributed by atoms with Gasteiger partial charge in [0.05, 0.1) is 17.1 Å². The molecule has 1 heterocycles. The van der Waals surface area contributed by atoms with Crippen LogP contribution in [0, 0.1) is 6.92 Å². The summed E-state index contributed by atoms with van der Waals surface area (Å²) in [5, 5.41) is 5.67. The summed E-state index contributed by atoms with van der Waals surface area (Å²) in [7, 11) is 0. The molecule has 5 nitrogen and oxygen atoms in total. The number of aryl methyl sites for hydroxylation is 1. The lowest BCUT2D eigenvalue weighted by Crippen LogP contribution is -2.41. The number of esters is 1. The Morgan fingerprint density at radius 1 is 1.50 bits per heavy atom. The zero-order chi connectivity index (χ0) is 14.5. The molecule has 1 atom stereocenters. The Labute approximate surface area is 122 Å². The van der Waals surface area contributed by atoms with E-state index in [9.17, 15) is 9.59 Å². The van der Waals surface area contributed by atoms with Crippen molar-refractivity contribution < 1.29 is 14.3 Å². The summed E-state index contributed by atoms with van der Waals surface area (Å²) in [4.78, 5) is 27.8. The Morgan fingerprint density at radius 3 is 2.80 bits per heavy atom. The number of nitrogens with one attached hydrogen (secondary N) is 1. The maximum absolute atomic E-state index is 11.9. The van der Waals surface area contributed by atoms with Gasteiger partial charge in [0.15, 0.2) is 6.10 Å². The molecule has 0 aromatic carbocycles. The van der Waals surface area contributed by atoms with E-state index in [-0.39, 0.29) is 18.4 Å². The van der Waals surface area contributed by atoms with Gasteiger partial charge in [0.25, 0.3) is 5.91 Å². The summed E-state index contributed by atoms with van der Waals surface area (Å²) < 4.78 is 5.15. The summed E-state index contributed by atoms with van der Waals surface area (Å²) in [5.41, 5.74) is 0.695. The quantitative estimate of drug-likeness (QED) is 0.844. The number of thiazole rings is 1. The minimum atomic E-state index is -0.747. The first-order chi connectivity index (χ1) is 9.54. The fourth-order valence-corrected chi connectivity index (χ4v) is 2.93. The number of nitrogens with zero attached hydrogens (tertiary/aromatic N) is 1. The lowest BCUT2D eigenvalue weighted by atomic mass is 10.2. The van der Waals surface area contributed by atoms with Gasteiger partial charge in [0.2, 0.25) is 0 Å². The van der Waals surface area contributed by atoms with Crippen LogP contribution in [-0.4, -0.2) is 29.0 Å². The number of ether oxygens (including phenoxy) is 1. The molecule has 1 fully saturated rings. The number of hydrogen-bond acceptors (Lipinski definition) is 5. The standard InChI is InChI=1S/C14H20N2O3S/c1-9(14(18)16-11-5-3-4-6-11)19-13(17)7-12-8-20-10(2)15-12/h8-9,11H,3-7H2,1-2H3,(H,16,18). The maximum atomic E-state index is 11.9. The molecular weight excluding hydrogens is 276 g/mol. The molecule has 1 saturated carbocycles. The van der Waals surface area contributed by atoms with Crippen molar-refractivity contribution in [3.05, 3.63) is 16.1 Å². The highest BCUT2D eigenvalue weighted by molar-refractivity contribution is 7.09. The predicted octanol–water partition coefficient (Wildman–Crippen LogP) is 1.98. The van der Waals surface area contributed by atoms with Crippen LogP contribution in [0.3, 0.4) is 0 Å². The Morgan fingerprint density at radius 2 is 2.20 bits per heavy atom. The lowest BCUT2D eigenvalue weighted by molar-refractivity contribution is -0.154. The van der Waals surface area contributed by atoms with Gasteiger partial charge < -0.3 is 10.1 Å². The second-order valence-corrected chi connectivity index (χ2v) is 6.22. The van der Waals surface area contributed by atoms with Crippen LogP contribution in [0.15, 0.2) is 5.38 Å². The molecule has 1 aromatic heterocycles. The van der Waals surface area contributed by atoms with E-state index in [1.165, 1.54) is 11.3 Å².